The molecule has 2 rings (SSSR count). The average molecular weight is 205 g/mol. The van der Waals surface area contributed by atoms with E-state index in [0.717, 1.165) is 12.2 Å². The first kappa shape index (κ1) is 9.83. The van der Waals surface area contributed by atoms with Crippen molar-refractivity contribution >= 4 is 0 Å². The molecule has 3 nitrogen and oxygen atoms in total. The molecule has 0 fully saturated rings. The second-order valence-electron chi connectivity index (χ2n) is 3.42. The van der Waals surface area contributed by atoms with Gasteiger partial charge < -0.3 is 0 Å². The van der Waals surface area contributed by atoms with Gasteiger partial charge in [0.25, 0.3) is 0 Å². The van der Waals surface area contributed by atoms with Crippen LogP contribution in [0.3, 0.4) is 0 Å². The molecule has 4 heteroatoms. The summed E-state index contributed by atoms with van der Waals surface area (Å²) < 4.78 is 13.3. The van der Waals surface area contributed by atoms with E-state index in [0.29, 0.717) is 17.0 Å². The molecule has 15 heavy (non-hydrogen) atoms. The van der Waals surface area contributed by atoms with Gasteiger partial charge in [-0.1, -0.05) is 19.1 Å². The Labute approximate surface area is 87.4 Å². The fourth-order valence-corrected chi connectivity index (χ4v) is 1.31. The van der Waals surface area contributed by atoms with Gasteiger partial charge in [-0.05, 0) is 18.6 Å². The molecule has 0 bridgehead atoms. The van der Waals surface area contributed by atoms with E-state index in [2.05, 4.69) is 15.2 Å². The Morgan fingerprint density at radius 2 is 2.20 bits per heavy atom. The first-order chi connectivity index (χ1) is 7.20. The van der Waals surface area contributed by atoms with Gasteiger partial charge in [0.1, 0.15) is 11.6 Å². The minimum Gasteiger partial charge on any atom is -0.263 e. The highest BCUT2D eigenvalue weighted by Gasteiger charge is 2.06. The third kappa shape index (κ3) is 1.88. The van der Waals surface area contributed by atoms with E-state index >= 15 is 0 Å². The molecule has 0 saturated heterocycles. The van der Waals surface area contributed by atoms with Crippen molar-refractivity contribution in [2.45, 2.75) is 20.3 Å². The standard InChI is InChI=1S/C11H12FN3/c1-3-10-13-11(15-14-10)8-5-4-7(2)9(12)6-8/h4-6H,3H2,1-2H3,(H,13,14,15). The fourth-order valence-electron chi connectivity index (χ4n) is 1.31. The molecule has 0 saturated carbocycles. The van der Waals surface area contributed by atoms with Crippen molar-refractivity contribution in [1.82, 2.24) is 15.2 Å². The number of rotatable bonds is 2. The van der Waals surface area contributed by atoms with Crippen molar-refractivity contribution in [3.8, 4) is 11.4 Å². The molecule has 0 atom stereocenters. The van der Waals surface area contributed by atoms with Gasteiger partial charge in [-0.3, -0.25) is 5.10 Å². The lowest BCUT2D eigenvalue weighted by atomic mass is 10.1. The molecule has 0 aliphatic carbocycles. The summed E-state index contributed by atoms with van der Waals surface area (Å²) in [5, 5.41) is 6.83. The summed E-state index contributed by atoms with van der Waals surface area (Å²) >= 11 is 0. The summed E-state index contributed by atoms with van der Waals surface area (Å²) in [5.41, 5.74) is 1.33. The first-order valence-electron chi connectivity index (χ1n) is 4.88. The number of nitrogens with zero attached hydrogens (tertiary/aromatic N) is 2. The van der Waals surface area contributed by atoms with Crippen molar-refractivity contribution in [3.05, 3.63) is 35.4 Å². The molecule has 2 aromatic rings. The van der Waals surface area contributed by atoms with E-state index < -0.39 is 0 Å². The summed E-state index contributed by atoms with van der Waals surface area (Å²) in [6, 6.07) is 5.01. The van der Waals surface area contributed by atoms with Crippen LogP contribution in [0.15, 0.2) is 18.2 Å². The van der Waals surface area contributed by atoms with Gasteiger partial charge in [0, 0.05) is 12.0 Å². The van der Waals surface area contributed by atoms with Crippen LogP contribution in [0.5, 0.6) is 0 Å². The number of aryl methyl sites for hydroxylation is 2. The number of halogens is 1. The first-order valence-corrected chi connectivity index (χ1v) is 4.88. The summed E-state index contributed by atoms with van der Waals surface area (Å²) in [7, 11) is 0. The highest BCUT2D eigenvalue weighted by atomic mass is 19.1. The van der Waals surface area contributed by atoms with Crippen LogP contribution in [0, 0.1) is 12.7 Å². The van der Waals surface area contributed by atoms with E-state index in [1.165, 1.54) is 6.07 Å². The lowest BCUT2D eigenvalue weighted by molar-refractivity contribution is 0.619. The van der Waals surface area contributed by atoms with Gasteiger partial charge in [-0.2, -0.15) is 5.10 Å². The van der Waals surface area contributed by atoms with Gasteiger partial charge in [-0.15, -0.1) is 0 Å². The van der Waals surface area contributed by atoms with Gasteiger partial charge in [0.15, 0.2) is 5.82 Å². The van der Waals surface area contributed by atoms with Crippen molar-refractivity contribution in [2.75, 3.05) is 0 Å². The largest absolute Gasteiger partial charge is 0.263 e. The number of hydrogen-bond donors (Lipinski definition) is 1. The van der Waals surface area contributed by atoms with Crippen molar-refractivity contribution in [2.24, 2.45) is 0 Å². The minimum atomic E-state index is -0.227. The van der Waals surface area contributed by atoms with Crippen LogP contribution in [0.1, 0.15) is 18.3 Å². The zero-order chi connectivity index (χ0) is 10.8. The Balaban J connectivity index is 2.40. The lowest BCUT2D eigenvalue weighted by Gasteiger charge is -1.98. The summed E-state index contributed by atoms with van der Waals surface area (Å²) in [6.07, 6.45) is 0.793. The van der Waals surface area contributed by atoms with Gasteiger partial charge in [0.05, 0.1) is 0 Å². The molecule has 1 heterocycles. The van der Waals surface area contributed by atoms with E-state index in [1.54, 1.807) is 13.0 Å². The van der Waals surface area contributed by atoms with Gasteiger partial charge >= 0.3 is 0 Å². The van der Waals surface area contributed by atoms with E-state index in [-0.39, 0.29) is 5.82 Å². The minimum absolute atomic E-state index is 0.227. The summed E-state index contributed by atoms with van der Waals surface area (Å²) in [5.74, 6) is 1.13. The number of H-pyrrole nitrogens is 1. The van der Waals surface area contributed by atoms with Crippen LogP contribution >= 0.6 is 0 Å². The number of benzene rings is 1. The number of aromatic nitrogens is 3. The molecular formula is C11H12FN3. The topological polar surface area (TPSA) is 41.6 Å². The number of aromatic amines is 1. The molecule has 0 aliphatic heterocycles. The van der Waals surface area contributed by atoms with Gasteiger partial charge in [-0.25, -0.2) is 9.37 Å². The molecule has 1 aromatic heterocycles. The quantitative estimate of drug-likeness (QED) is 0.818. The third-order valence-corrected chi connectivity index (χ3v) is 2.30. The maximum absolute atomic E-state index is 13.3. The second-order valence-corrected chi connectivity index (χ2v) is 3.42. The van der Waals surface area contributed by atoms with Crippen molar-refractivity contribution in [1.29, 1.82) is 0 Å². The van der Waals surface area contributed by atoms with E-state index in [9.17, 15) is 4.39 Å². The zero-order valence-corrected chi connectivity index (χ0v) is 8.71. The van der Waals surface area contributed by atoms with E-state index in [4.69, 9.17) is 0 Å². The lowest BCUT2D eigenvalue weighted by Crippen LogP contribution is -1.86. The highest BCUT2D eigenvalue weighted by Crippen LogP contribution is 2.18. The molecule has 1 aromatic carbocycles. The average Bonchev–Trinajstić information content (AvgIpc) is 2.70. The second kappa shape index (κ2) is 3.81. The summed E-state index contributed by atoms with van der Waals surface area (Å²) in [6.45, 7) is 3.72. The number of nitrogens with one attached hydrogen (secondary N) is 1. The number of hydrogen-bond acceptors (Lipinski definition) is 2. The maximum Gasteiger partial charge on any atom is 0.181 e. The molecular weight excluding hydrogens is 193 g/mol. The van der Waals surface area contributed by atoms with Gasteiger partial charge in [0.2, 0.25) is 0 Å². The van der Waals surface area contributed by atoms with Crippen LogP contribution in [-0.4, -0.2) is 15.2 Å². The van der Waals surface area contributed by atoms with Crippen molar-refractivity contribution < 1.29 is 4.39 Å². The molecule has 0 spiro atoms. The van der Waals surface area contributed by atoms with Crippen molar-refractivity contribution in [3.63, 3.8) is 0 Å². The zero-order valence-electron chi connectivity index (χ0n) is 8.71. The normalized spacial score (nSPS) is 10.6. The van der Waals surface area contributed by atoms with Crippen LogP contribution in [-0.2, 0) is 6.42 Å². The van der Waals surface area contributed by atoms with Crippen LogP contribution in [0.2, 0.25) is 0 Å². The maximum atomic E-state index is 13.3. The Hall–Kier alpha value is -1.71. The van der Waals surface area contributed by atoms with Crippen LogP contribution < -0.4 is 0 Å². The molecule has 1 N–H and O–H groups in total. The molecule has 0 radical (unpaired) electrons. The Morgan fingerprint density at radius 3 is 2.80 bits per heavy atom. The van der Waals surface area contributed by atoms with Crippen LogP contribution in [0.25, 0.3) is 11.4 Å². The monoisotopic (exact) mass is 205 g/mol. The predicted octanol–water partition coefficient (Wildman–Crippen LogP) is 2.48. The Bertz CT molecular complexity index is 476. The van der Waals surface area contributed by atoms with Crippen LogP contribution in [0.4, 0.5) is 4.39 Å². The third-order valence-electron chi connectivity index (χ3n) is 2.30. The molecule has 0 aliphatic rings. The smallest absolute Gasteiger partial charge is 0.181 e. The van der Waals surface area contributed by atoms with E-state index in [1.807, 2.05) is 13.0 Å². The fraction of sp³-hybridized carbons (Fsp3) is 0.273. The molecule has 0 unspecified atom stereocenters. The summed E-state index contributed by atoms with van der Waals surface area (Å²) in [4.78, 5) is 4.24. The highest BCUT2D eigenvalue weighted by molar-refractivity contribution is 5.55. The Morgan fingerprint density at radius 1 is 1.40 bits per heavy atom. The predicted molar refractivity (Wildman–Crippen MR) is 55.9 cm³/mol. The molecule has 78 valence electrons. The molecule has 0 amide bonds. The Kier molecular flexibility index (Phi) is 2.49. The SMILES string of the molecule is CCc1nc(-c2ccc(C)c(F)c2)n[nH]1.